The highest BCUT2D eigenvalue weighted by atomic mass is 35.5. The van der Waals surface area contributed by atoms with Gasteiger partial charge in [-0.1, -0.05) is 66.2 Å². The molecule has 0 saturated heterocycles. The van der Waals surface area contributed by atoms with Gasteiger partial charge in [0, 0.05) is 35.2 Å². The minimum atomic E-state index is -0.942. The molecule has 3 rings (SSSR count). The maximum Gasteiger partial charge on any atom is 0.243 e. The average Bonchev–Trinajstić information content (AvgIpc) is 2.80. The number of nitrogens with zero attached hydrogens (tertiary/aromatic N) is 1. The van der Waals surface area contributed by atoms with Crippen LogP contribution in [0, 0.1) is 11.6 Å². The fraction of sp³-hybridized carbons (Fsp3) is 0.259. The maximum absolute atomic E-state index is 14.6. The van der Waals surface area contributed by atoms with Crippen LogP contribution in [-0.4, -0.2) is 28.8 Å². The molecule has 0 aliphatic carbocycles. The van der Waals surface area contributed by atoms with E-state index in [1.807, 2.05) is 44.2 Å². The molecule has 34 heavy (non-hydrogen) atoms. The van der Waals surface area contributed by atoms with E-state index in [-0.39, 0.29) is 47.5 Å². The van der Waals surface area contributed by atoms with Crippen molar-refractivity contribution in [3.05, 3.63) is 106 Å². The van der Waals surface area contributed by atoms with Crippen LogP contribution in [0.15, 0.2) is 72.8 Å². The fourth-order valence-corrected chi connectivity index (χ4v) is 3.93. The molecule has 1 atom stereocenters. The Morgan fingerprint density at radius 1 is 0.912 bits per heavy atom. The Labute approximate surface area is 203 Å². The first-order chi connectivity index (χ1) is 16.3. The van der Waals surface area contributed by atoms with Crippen LogP contribution < -0.4 is 5.32 Å². The van der Waals surface area contributed by atoms with Gasteiger partial charge in [-0.2, -0.15) is 0 Å². The molecular formula is C27H27ClF2N2O2. The SMILES string of the molecule is CC(C)NC(=O)[C@H](Cc1ccccc1)N(Cc1ccccc1F)C(=O)Cc1c(F)cccc1Cl. The number of amides is 2. The third kappa shape index (κ3) is 6.64. The van der Waals surface area contributed by atoms with Gasteiger partial charge in [-0.15, -0.1) is 0 Å². The summed E-state index contributed by atoms with van der Waals surface area (Å²) in [5.74, 6) is -2.01. The smallest absolute Gasteiger partial charge is 0.243 e. The fourth-order valence-electron chi connectivity index (χ4n) is 3.70. The van der Waals surface area contributed by atoms with Gasteiger partial charge < -0.3 is 10.2 Å². The quantitative estimate of drug-likeness (QED) is 0.446. The summed E-state index contributed by atoms with van der Waals surface area (Å²) in [4.78, 5) is 28.1. The molecule has 0 aromatic heterocycles. The number of hydrogen-bond donors (Lipinski definition) is 1. The molecule has 3 aromatic carbocycles. The molecule has 178 valence electrons. The third-order valence-corrected chi connectivity index (χ3v) is 5.74. The summed E-state index contributed by atoms with van der Waals surface area (Å²) in [7, 11) is 0. The molecule has 0 unspecified atom stereocenters. The first-order valence-electron chi connectivity index (χ1n) is 11.1. The molecule has 0 spiro atoms. The number of halogens is 3. The van der Waals surface area contributed by atoms with Gasteiger partial charge in [-0.05, 0) is 37.6 Å². The lowest BCUT2D eigenvalue weighted by atomic mass is 10.0. The van der Waals surface area contributed by atoms with Gasteiger partial charge in [0.05, 0.1) is 6.42 Å². The van der Waals surface area contributed by atoms with E-state index < -0.39 is 23.6 Å². The summed E-state index contributed by atoms with van der Waals surface area (Å²) in [5, 5.41) is 2.97. The highest BCUT2D eigenvalue weighted by Gasteiger charge is 2.32. The zero-order valence-electron chi connectivity index (χ0n) is 19.1. The number of hydrogen-bond acceptors (Lipinski definition) is 2. The van der Waals surface area contributed by atoms with Crippen molar-refractivity contribution in [2.24, 2.45) is 0 Å². The summed E-state index contributed by atoms with van der Waals surface area (Å²) in [6.07, 6.45) is -0.148. The van der Waals surface area contributed by atoms with Crippen LogP contribution >= 0.6 is 11.6 Å². The number of carbonyl (C=O) groups excluding carboxylic acids is 2. The molecule has 0 bridgehead atoms. The van der Waals surface area contributed by atoms with E-state index in [0.29, 0.717) is 0 Å². The van der Waals surface area contributed by atoms with Crippen molar-refractivity contribution in [1.82, 2.24) is 10.2 Å². The average molecular weight is 485 g/mol. The van der Waals surface area contributed by atoms with E-state index in [0.717, 1.165) is 5.56 Å². The van der Waals surface area contributed by atoms with Crippen molar-refractivity contribution >= 4 is 23.4 Å². The lowest BCUT2D eigenvalue weighted by molar-refractivity contribution is -0.141. The second-order valence-corrected chi connectivity index (χ2v) is 8.77. The van der Waals surface area contributed by atoms with E-state index in [2.05, 4.69) is 5.32 Å². The minimum absolute atomic E-state index is 0.0374. The lowest BCUT2D eigenvalue weighted by Crippen LogP contribution is -2.52. The van der Waals surface area contributed by atoms with Crippen molar-refractivity contribution in [2.45, 2.75) is 45.3 Å². The van der Waals surface area contributed by atoms with Crippen molar-refractivity contribution in [1.29, 1.82) is 0 Å². The molecule has 4 nitrogen and oxygen atoms in total. The summed E-state index contributed by atoms with van der Waals surface area (Å²) in [6.45, 7) is 3.49. The Morgan fingerprint density at radius 3 is 2.21 bits per heavy atom. The summed E-state index contributed by atoms with van der Waals surface area (Å²) >= 11 is 6.15. The van der Waals surface area contributed by atoms with Crippen molar-refractivity contribution in [3.63, 3.8) is 0 Å². The van der Waals surface area contributed by atoms with E-state index in [1.165, 1.54) is 29.2 Å². The maximum atomic E-state index is 14.6. The number of benzene rings is 3. The molecule has 0 heterocycles. The van der Waals surface area contributed by atoms with Gasteiger partial charge in [-0.25, -0.2) is 8.78 Å². The molecule has 0 fully saturated rings. The largest absolute Gasteiger partial charge is 0.352 e. The van der Waals surface area contributed by atoms with Crippen LogP contribution in [-0.2, 0) is 29.0 Å². The zero-order chi connectivity index (χ0) is 24.7. The Bertz CT molecular complexity index is 1120. The van der Waals surface area contributed by atoms with Crippen molar-refractivity contribution in [2.75, 3.05) is 0 Å². The number of carbonyl (C=O) groups is 2. The zero-order valence-corrected chi connectivity index (χ0v) is 19.9. The van der Waals surface area contributed by atoms with Crippen LogP contribution in [0.1, 0.15) is 30.5 Å². The van der Waals surface area contributed by atoms with E-state index in [4.69, 9.17) is 11.6 Å². The monoisotopic (exact) mass is 484 g/mol. The molecular weight excluding hydrogens is 458 g/mol. The van der Waals surface area contributed by atoms with Crippen LogP contribution in [0.2, 0.25) is 5.02 Å². The highest BCUT2D eigenvalue weighted by molar-refractivity contribution is 6.31. The molecule has 1 N–H and O–H groups in total. The van der Waals surface area contributed by atoms with E-state index >= 15 is 0 Å². The summed E-state index contributed by atoms with van der Waals surface area (Å²) in [6, 6.07) is 18.4. The number of rotatable bonds is 9. The van der Waals surface area contributed by atoms with Gasteiger partial charge in [0.15, 0.2) is 0 Å². The van der Waals surface area contributed by atoms with Crippen molar-refractivity contribution in [3.8, 4) is 0 Å². The topological polar surface area (TPSA) is 49.4 Å². The van der Waals surface area contributed by atoms with Crippen LogP contribution in [0.3, 0.4) is 0 Å². The molecule has 7 heteroatoms. The molecule has 2 amide bonds. The molecule has 0 aliphatic rings. The summed E-state index contributed by atoms with van der Waals surface area (Å²) < 4.78 is 29.0. The normalized spacial score (nSPS) is 11.8. The molecule has 3 aromatic rings. The first-order valence-corrected chi connectivity index (χ1v) is 11.4. The summed E-state index contributed by atoms with van der Waals surface area (Å²) in [5.41, 5.74) is 1.13. The molecule has 0 saturated carbocycles. The Balaban J connectivity index is 2.02. The van der Waals surface area contributed by atoms with E-state index in [1.54, 1.807) is 18.2 Å². The lowest BCUT2D eigenvalue weighted by Gasteiger charge is -2.32. The highest BCUT2D eigenvalue weighted by Crippen LogP contribution is 2.23. The predicted octanol–water partition coefficient (Wildman–Crippen LogP) is 5.33. The van der Waals surface area contributed by atoms with E-state index in [9.17, 15) is 18.4 Å². The standard InChI is InChI=1S/C27H27ClF2N2O2/c1-18(2)31-27(34)25(15-19-9-4-3-5-10-19)32(17-20-11-6-7-13-23(20)29)26(33)16-21-22(28)12-8-14-24(21)30/h3-14,18,25H,15-17H2,1-2H3,(H,31,34)/t25-/m0/s1. The predicted molar refractivity (Wildman–Crippen MR) is 129 cm³/mol. The first kappa shape index (κ1) is 25.4. The number of nitrogens with one attached hydrogen (secondary N) is 1. The third-order valence-electron chi connectivity index (χ3n) is 5.39. The van der Waals surface area contributed by atoms with Crippen LogP contribution in [0.5, 0.6) is 0 Å². The second kappa shape index (κ2) is 11.7. The van der Waals surface area contributed by atoms with Crippen LogP contribution in [0.4, 0.5) is 8.78 Å². The molecule has 0 radical (unpaired) electrons. The Morgan fingerprint density at radius 2 is 1.56 bits per heavy atom. The minimum Gasteiger partial charge on any atom is -0.352 e. The van der Waals surface area contributed by atoms with Gasteiger partial charge in [0.2, 0.25) is 11.8 Å². The molecule has 0 aliphatic heterocycles. The van der Waals surface area contributed by atoms with Gasteiger partial charge in [0.25, 0.3) is 0 Å². The van der Waals surface area contributed by atoms with Gasteiger partial charge in [0.1, 0.15) is 17.7 Å². The Hall–Kier alpha value is -3.25. The van der Waals surface area contributed by atoms with Gasteiger partial charge in [-0.3, -0.25) is 9.59 Å². The van der Waals surface area contributed by atoms with Crippen LogP contribution in [0.25, 0.3) is 0 Å². The second-order valence-electron chi connectivity index (χ2n) is 8.36. The van der Waals surface area contributed by atoms with Crippen molar-refractivity contribution < 1.29 is 18.4 Å². The Kier molecular flexibility index (Phi) is 8.77. The van der Waals surface area contributed by atoms with Gasteiger partial charge >= 0.3 is 0 Å².